The van der Waals surface area contributed by atoms with Crippen LogP contribution in [0.15, 0.2) is 30.3 Å². The van der Waals surface area contributed by atoms with Crippen molar-refractivity contribution in [1.29, 1.82) is 0 Å². The average Bonchev–Trinajstić information content (AvgIpc) is 2.95. The molecule has 0 spiro atoms. The lowest BCUT2D eigenvalue weighted by Crippen LogP contribution is -2.36. The number of amides is 1. The smallest absolute Gasteiger partial charge is 0.326 e. The van der Waals surface area contributed by atoms with Crippen LogP contribution in [-0.2, 0) is 20.9 Å². The highest BCUT2D eigenvalue weighted by Gasteiger charge is 2.25. The van der Waals surface area contributed by atoms with Crippen molar-refractivity contribution in [3.63, 3.8) is 0 Å². The topological polar surface area (TPSA) is 87.1 Å². The van der Waals surface area contributed by atoms with Crippen molar-refractivity contribution in [2.75, 3.05) is 26.3 Å². The predicted molar refractivity (Wildman–Crippen MR) is 121 cm³/mol. The summed E-state index contributed by atoms with van der Waals surface area (Å²) in [5, 5.41) is 0. The molecule has 8 nitrogen and oxygen atoms in total. The number of hydrogen-bond donors (Lipinski definition) is 0. The molecule has 3 heterocycles. The third kappa shape index (κ3) is 5.38. The first kappa shape index (κ1) is 22.9. The normalized spacial score (nSPS) is 18.1. The van der Waals surface area contributed by atoms with Crippen LogP contribution in [0.3, 0.4) is 0 Å². The molecule has 2 aliphatic rings. The van der Waals surface area contributed by atoms with E-state index in [9.17, 15) is 14.4 Å². The second kappa shape index (κ2) is 10.1. The standard InChI is InChI=1S/C25H30N2O6/c1-17-12-20(21(28)16-32-25(30)14-26-11-7-3-4-10-24(26)29)18(2)27(17)13-19-15-31-22-8-5-6-9-23(22)33-19/h5-6,8-9,12,19H,3-4,7,10-11,13-16H2,1-2H3. The zero-order chi connectivity index (χ0) is 23.4. The van der Waals surface area contributed by atoms with Gasteiger partial charge in [0.05, 0.1) is 6.54 Å². The summed E-state index contributed by atoms with van der Waals surface area (Å²) in [4.78, 5) is 38.6. The van der Waals surface area contributed by atoms with Gasteiger partial charge in [0.25, 0.3) is 0 Å². The first-order valence-corrected chi connectivity index (χ1v) is 11.4. The van der Waals surface area contributed by atoms with Crippen LogP contribution in [0.5, 0.6) is 11.5 Å². The van der Waals surface area contributed by atoms with Gasteiger partial charge in [0, 0.05) is 29.9 Å². The van der Waals surface area contributed by atoms with Crippen molar-refractivity contribution in [3.8, 4) is 11.5 Å². The molecule has 1 fully saturated rings. The maximum atomic E-state index is 12.8. The monoisotopic (exact) mass is 454 g/mol. The molecule has 0 bridgehead atoms. The zero-order valence-electron chi connectivity index (χ0n) is 19.2. The molecule has 1 aromatic heterocycles. The van der Waals surface area contributed by atoms with E-state index in [4.69, 9.17) is 14.2 Å². The van der Waals surface area contributed by atoms with Gasteiger partial charge < -0.3 is 23.7 Å². The summed E-state index contributed by atoms with van der Waals surface area (Å²) in [7, 11) is 0. The molecule has 0 saturated carbocycles. The minimum absolute atomic E-state index is 0.0316. The molecule has 33 heavy (non-hydrogen) atoms. The van der Waals surface area contributed by atoms with Gasteiger partial charge in [-0.3, -0.25) is 14.4 Å². The van der Waals surface area contributed by atoms with Crippen LogP contribution in [0, 0.1) is 13.8 Å². The van der Waals surface area contributed by atoms with E-state index in [2.05, 4.69) is 0 Å². The Hall–Kier alpha value is -3.29. The molecule has 0 N–H and O–H groups in total. The van der Waals surface area contributed by atoms with Crippen molar-refractivity contribution in [2.45, 2.75) is 52.2 Å². The summed E-state index contributed by atoms with van der Waals surface area (Å²) in [6.45, 7) is 4.86. The maximum Gasteiger partial charge on any atom is 0.326 e. The molecular weight excluding hydrogens is 424 g/mol. The van der Waals surface area contributed by atoms with E-state index in [1.165, 1.54) is 4.90 Å². The molecule has 1 saturated heterocycles. The molecule has 1 amide bonds. The van der Waals surface area contributed by atoms with Crippen molar-refractivity contribution in [2.24, 2.45) is 0 Å². The number of nitrogens with zero attached hydrogens (tertiary/aromatic N) is 2. The molecule has 1 aromatic carbocycles. The third-order valence-corrected chi connectivity index (χ3v) is 6.18. The first-order chi connectivity index (χ1) is 15.9. The SMILES string of the molecule is Cc1cc(C(=O)COC(=O)CN2CCCCCC2=O)c(C)n1CC1COc2ccccc2O1. The molecule has 0 aliphatic carbocycles. The van der Waals surface area contributed by atoms with E-state index in [0.717, 1.165) is 36.4 Å². The van der Waals surface area contributed by atoms with Crippen molar-refractivity contribution < 1.29 is 28.6 Å². The Bertz CT molecular complexity index is 1040. The van der Waals surface area contributed by atoms with Gasteiger partial charge >= 0.3 is 5.97 Å². The number of hydrogen-bond acceptors (Lipinski definition) is 6. The highest BCUT2D eigenvalue weighted by atomic mass is 16.6. The summed E-state index contributed by atoms with van der Waals surface area (Å²) in [5.41, 5.74) is 2.22. The lowest BCUT2D eigenvalue weighted by atomic mass is 10.1. The number of fused-ring (bicyclic) bond motifs is 1. The average molecular weight is 455 g/mol. The van der Waals surface area contributed by atoms with Gasteiger partial charge in [0.15, 0.2) is 24.2 Å². The van der Waals surface area contributed by atoms with Crippen LogP contribution in [0.1, 0.15) is 47.4 Å². The van der Waals surface area contributed by atoms with Gasteiger partial charge in [0.2, 0.25) is 11.7 Å². The fourth-order valence-electron chi connectivity index (χ4n) is 4.35. The number of ether oxygens (including phenoxy) is 3. The minimum Gasteiger partial charge on any atom is -0.486 e. The predicted octanol–water partition coefficient (Wildman–Crippen LogP) is 3.07. The van der Waals surface area contributed by atoms with E-state index in [1.54, 1.807) is 0 Å². The van der Waals surface area contributed by atoms with Gasteiger partial charge in [-0.1, -0.05) is 18.6 Å². The number of rotatable bonds is 7. The van der Waals surface area contributed by atoms with Gasteiger partial charge in [-0.2, -0.15) is 0 Å². The number of carbonyl (C=O) groups is 3. The van der Waals surface area contributed by atoms with Crippen molar-refractivity contribution in [3.05, 3.63) is 47.3 Å². The van der Waals surface area contributed by atoms with Gasteiger partial charge in [-0.05, 0) is 44.9 Å². The van der Waals surface area contributed by atoms with Crippen LogP contribution in [0.25, 0.3) is 0 Å². The zero-order valence-corrected chi connectivity index (χ0v) is 19.2. The molecule has 176 valence electrons. The van der Waals surface area contributed by atoms with E-state index < -0.39 is 5.97 Å². The molecule has 0 radical (unpaired) electrons. The molecule has 8 heteroatoms. The third-order valence-electron chi connectivity index (χ3n) is 6.18. The van der Waals surface area contributed by atoms with Gasteiger partial charge in [0.1, 0.15) is 13.2 Å². The lowest BCUT2D eigenvalue weighted by Gasteiger charge is -2.27. The fraction of sp³-hybridized carbons (Fsp3) is 0.480. The van der Waals surface area contributed by atoms with Crippen LogP contribution < -0.4 is 9.47 Å². The highest BCUT2D eigenvalue weighted by molar-refractivity contribution is 5.99. The fourth-order valence-corrected chi connectivity index (χ4v) is 4.35. The maximum absolute atomic E-state index is 12.8. The van der Waals surface area contributed by atoms with Crippen molar-refractivity contribution in [1.82, 2.24) is 9.47 Å². The number of aryl methyl sites for hydroxylation is 1. The van der Waals surface area contributed by atoms with E-state index in [1.807, 2.05) is 48.7 Å². The molecular formula is C25H30N2O6. The van der Waals surface area contributed by atoms with E-state index in [0.29, 0.717) is 37.4 Å². The molecule has 4 rings (SSSR count). The number of aromatic nitrogens is 1. The number of carbonyl (C=O) groups excluding carboxylic acids is 3. The summed E-state index contributed by atoms with van der Waals surface area (Å²) >= 11 is 0. The Morgan fingerprint density at radius 3 is 2.73 bits per heavy atom. The second-order valence-electron chi connectivity index (χ2n) is 8.60. The van der Waals surface area contributed by atoms with Crippen LogP contribution in [-0.4, -0.2) is 59.5 Å². The lowest BCUT2D eigenvalue weighted by molar-refractivity contribution is -0.148. The van der Waals surface area contributed by atoms with E-state index in [-0.39, 0.29) is 30.9 Å². The van der Waals surface area contributed by atoms with Crippen molar-refractivity contribution >= 4 is 17.7 Å². The molecule has 2 aromatic rings. The highest BCUT2D eigenvalue weighted by Crippen LogP contribution is 2.31. The van der Waals surface area contributed by atoms with E-state index >= 15 is 0 Å². The summed E-state index contributed by atoms with van der Waals surface area (Å²) in [6, 6.07) is 9.36. The first-order valence-electron chi connectivity index (χ1n) is 11.4. The number of para-hydroxylation sites is 2. The Kier molecular flexibility index (Phi) is 7.01. The molecule has 1 unspecified atom stereocenters. The summed E-state index contributed by atoms with van der Waals surface area (Å²) in [6.07, 6.45) is 2.99. The molecule has 1 atom stereocenters. The van der Waals surface area contributed by atoms with Gasteiger partial charge in [-0.25, -0.2) is 0 Å². The largest absolute Gasteiger partial charge is 0.486 e. The quantitative estimate of drug-likeness (QED) is 0.472. The number of ketones is 1. The van der Waals surface area contributed by atoms with Gasteiger partial charge in [-0.15, -0.1) is 0 Å². The Morgan fingerprint density at radius 1 is 1.12 bits per heavy atom. The minimum atomic E-state index is -0.557. The number of Topliss-reactive ketones (excluding diaryl/α,β-unsaturated/α-hetero) is 1. The molecule has 2 aliphatic heterocycles. The van der Waals surface area contributed by atoms with Crippen LogP contribution >= 0.6 is 0 Å². The Balaban J connectivity index is 1.34. The second-order valence-corrected chi connectivity index (χ2v) is 8.60. The van der Waals surface area contributed by atoms with Crippen LogP contribution in [0.2, 0.25) is 0 Å². The summed E-state index contributed by atoms with van der Waals surface area (Å²) in [5.74, 6) is 0.585. The summed E-state index contributed by atoms with van der Waals surface area (Å²) < 4.78 is 19.1. The number of likely N-dealkylation sites (tertiary alicyclic amines) is 1. The Morgan fingerprint density at radius 2 is 1.91 bits per heavy atom. The number of esters is 1. The Labute approximate surface area is 193 Å². The van der Waals surface area contributed by atoms with Crippen LogP contribution in [0.4, 0.5) is 0 Å². The number of benzene rings is 1.